The van der Waals surface area contributed by atoms with Crippen molar-refractivity contribution in [1.82, 2.24) is 4.90 Å². The zero-order valence-corrected chi connectivity index (χ0v) is 11.4. The summed E-state index contributed by atoms with van der Waals surface area (Å²) in [5.74, 6) is -1.11. The molecule has 0 aromatic heterocycles. The average Bonchev–Trinajstić information content (AvgIpc) is 2.47. The van der Waals surface area contributed by atoms with Crippen LogP contribution in [0.3, 0.4) is 0 Å². The topological polar surface area (TPSA) is 57.6 Å². The quantitative estimate of drug-likeness (QED) is 0.838. The van der Waals surface area contributed by atoms with Crippen LogP contribution < -0.4 is 0 Å². The number of hydrogen-bond donors (Lipinski definition) is 1. The molecule has 4 nitrogen and oxygen atoms in total. The zero-order valence-electron chi connectivity index (χ0n) is 11.4. The summed E-state index contributed by atoms with van der Waals surface area (Å²) in [4.78, 5) is 24.9. The third-order valence-corrected chi connectivity index (χ3v) is 3.47. The molecule has 0 saturated carbocycles. The van der Waals surface area contributed by atoms with Crippen molar-refractivity contribution >= 4 is 11.9 Å². The van der Waals surface area contributed by atoms with Gasteiger partial charge in [0.1, 0.15) is 6.54 Å². The maximum absolute atomic E-state index is 12.5. The first-order valence-electron chi connectivity index (χ1n) is 6.86. The van der Waals surface area contributed by atoms with Gasteiger partial charge < -0.3 is 10.0 Å². The van der Waals surface area contributed by atoms with Gasteiger partial charge in [0.25, 0.3) is 0 Å². The number of benzene rings is 1. The van der Waals surface area contributed by atoms with E-state index in [-0.39, 0.29) is 18.4 Å². The van der Waals surface area contributed by atoms with E-state index in [9.17, 15) is 9.59 Å². The minimum Gasteiger partial charge on any atom is -0.480 e. The van der Waals surface area contributed by atoms with Crippen LogP contribution in [0, 0.1) is 5.92 Å². The van der Waals surface area contributed by atoms with Crippen molar-refractivity contribution in [3.63, 3.8) is 0 Å². The van der Waals surface area contributed by atoms with Crippen molar-refractivity contribution in [2.24, 2.45) is 5.92 Å². The summed E-state index contributed by atoms with van der Waals surface area (Å²) >= 11 is 0. The summed E-state index contributed by atoms with van der Waals surface area (Å²) < 4.78 is 0. The van der Waals surface area contributed by atoms with E-state index >= 15 is 0 Å². The Balaban J connectivity index is 2.08. The van der Waals surface area contributed by atoms with Crippen LogP contribution in [0.15, 0.2) is 42.5 Å². The number of amides is 1. The second kappa shape index (κ2) is 6.89. The van der Waals surface area contributed by atoms with Gasteiger partial charge in [-0.15, -0.1) is 0 Å². The van der Waals surface area contributed by atoms with E-state index in [0.29, 0.717) is 13.0 Å². The van der Waals surface area contributed by atoms with E-state index < -0.39 is 5.97 Å². The first-order valence-corrected chi connectivity index (χ1v) is 6.86. The lowest BCUT2D eigenvalue weighted by Crippen LogP contribution is -2.39. The molecule has 106 valence electrons. The molecule has 1 aliphatic carbocycles. The van der Waals surface area contributed by atoms with Crippen LogP contribution in [0.4, 0.5) is 0 Å². The van der Waals surface area contributed by atoms with Gasteiger partial charge in [0.15, 0.2) is 0 Å². The molecule has 0 bridgehead atoms. The fourth-order valence-corrected chi connectivity index (χ4v) is 2.45. The highest BCUT2D eigenvalue weighted by molar-refractivity contribution is 5.83. The molecule has 1 aromatic rings. The van der Waals surface area contributed by atoms with Gasteiger partial charge in [-0.3, -0.25) is 9.59 Å². The summed E-state index contributed by atoms with van der Waals surface area (Å²) in [7, 11) is 0. The van der Waals surface area contributed by atoms with E-state index in [4.69, 9.17) is 5.11 Å². The largest absolute Gasteiger partial charge is 0.480 e. The number of carbonyl (C=O) groups is 2. The molecule has 0 fully saturated rings. The highest BCUT2D eigenvalue weighted by Gasteiger charge is 2.25. The van der Waals surface area contributed by atoms with Gasteiger partial charge in [-0.25, -0.2) is 0 Å². The number of carboxylic acids is 1. The van der Waals surface area contributed by atoms with Crippen molar-refractivity contribution in [2.75, 3.05) is 6.54 Å². The van der Waals surface area contributed by atoms with E-state index in [1.165, 1.54) is 4.90 Å². The van der Waals surface area contributed by atoms with Gasteiger partial charge in [-0.05, 0) is 24.8 Å². The van der Waals surface area contributed by atoms with Gasteiger partial charge >= 0.3 is 5.97 Å². The molecule has 1 atom stereocenters. The third-order valence-electron chi connectivity index (χ3n) is 3.47. The van der Waals surface area contributed by atoms with Crippen LogP contribution in [0.1, 0.15) is 24.8 Å². The van der Waals surface area contributed by atoms with Gasteiger partial charge in [0.05, 0.1) is 0 Å². The van der Waals surface area contributed by atoms with Gasteiger partial charge in [0.2, 0.25) is 5.91 Å². The molecule has 1 N–H and O–H groups in total. The summed E-state index contributed by atoms with van der Waals surface area (Å²) in [6, 6.07) is 9.49. The molecule has 1 aliphatic rings. The Labute approximate surface area is 118 Å². The molecular weight excluding hydrogens is 254 g/mol. The Hall–Kier alpha value is -2.10. The van der Waals surface area contributed by atoms with E-state index in [1.807, 2.05) is 36.4 Å². The summed E-state index contributed by atoms with van der Waals surface area (Å²) in [5, 5.41) is 9.00. The SMILES string of the molecule is O=C(O)CN(Cc1ccccc1)C(=O)C1CC=CCC1. The Morgan fingerprint density at radius 2 is 1.95 bits per heavy atom. The second-order valence-electron chi connectivity index (χ2n) is 5.06. The molecule has 0 spiro atoms. The van der Waals surface area contributed by atoms with Crippen molar-refractivity contribution < 1.29 is 14.7 Å². The van der Waals surface area contributed by atoms with Crippen LogP contribution in [0.5, 0.6) is 0 Å². The van der Waals surface area contributed by atoms with Crippen LogP contribution >= 0.6 is 0 Å². The minimum atomic E-state index is -0.972. The molecule has 0 saturated heterocycles. The molecule has 0 radical (unpaired) electrons. The lowest BCUT2D eigenvalue weighted by molar-refractivity contribution is -0.147. The van der Waals surface area contributed by atoms with Crippen molar-refractivity contribution in [3.05, 3.63) is 48.0 Å². The number of rotatable bonds is 5. The Morgan fingerprint density at radius 3 is 2.55 bits per heavy atom. The smallest absolute Gasteiger partial charge is 0.323 e. The third kappa shape index (κ3) is 3.95. The second-order valence-corrected chi connectivity index (χ2v) is 5.06. The Kier molecular flexibility index (Phi) is 4.93. The molecule has 0 aliphatic heterocycles. The maximum atomic E-state index is 12.5. The lowest BCUT2D eigenvalue weighted by Gasteiger charge is -2.26. The standard InChI is InChI=1S/C16H19NO3/c18-15(19)12-17(11-13-7-3-1-4-8-13)16(20)14-9-5-2-6-10-14/h1-5,7-8,14H,6,9-12H2,(H,18,19). The maximum Gasteiger partial charge on any atom is 0.323 e. The number of nitrogens with zero attached hydrogens (tertiary/aromatic N) is 1. The molecule has 0 heterocycles. The summed E-state index contributed by atoms with van der Waals surface area (Å²) in [5.41, 5.74) is 0.952. The highest BCUT2D eigenvalue weighted by Crippen LogP contribution is 2.21. The first kappa shape index (κ1) is 14.3. The number of hydrogen-bond acceptors (Lipinski definition) is 2. The molecule has 4 heteroatoms. The van der Waals surface area contributed by atoms with Crippen molar-refractivity contribution in [1.29, 1.82) is 0 Å². The normalized spacial score (nSPS) is 17.7. The fourth-order valence-electron chi connectivity index (χ4n) is 2.45. The van der Waals surface area contributed by atoms with Gasteiger partial charge in [0, 0.05) is 12.5 Å². The predicted octanol–water partition coefficient (Wildman–Crippen LogP) is 2.46. The van der Waals surface area contributed by atoms with E-state index in [0.717, 1.165) is 18.4 Å². The fraction of sp³-hybridized carbons (Fsp3) is 0.375. The molecule has 1 unspecified atom stereocenters. The Morgan fingerprint density at radius 1 is 1.20 bits per heavy atom. The molecule has 20 heavy (non-hydrogen) atoms. The lowest BCUT2D eigenvalue weighted by atomic mass is 9.93. The van der Waals surface area contributed by atoms with Gasteiger partial charge in [-0.2, -0.15) is 0 Å². The van der Waals surface area contributed by atoms with Crippen LogP contribution in [-0.2, 0) is 16.1 Å². The number of carbonyl (C=O) groups excluding carboxylic acids is 1. The van der Waals surface area contributed by atoms with Gasteiger partial charge in [-0.1, -0.05) is 42.5 Å². The predicted molar refractivity (Wildman–Crippen MR) is 76.0 cm³/mol. The summed E-state index contributed by atoms with van der Waals surface area (Å²) in [6.45, 7) is 0.111. The molecule has 2 rings (SSSR count). The number of carboxylic acid groups (broad SMARTS) is 1. The van der Waals surface area contributed by atoms with E-state index in [2.05, 4.69) is 6.08 Å². The average molecular weight is 273 g/mol. The van der Waals surface area contributed by atoms with Crippen LogP contribution in [-0.4, -0.2) is 28.4 Å². The number of allylic oxidation sites excluding steroid dienone is 2. The zero-order chi connectivity index (χ0) is 14.4. The monoisotopic (exact) mass is 273 g/mol. The number of aliphatic carboxylic acids is 1. The minimum absolute atomic E-state index is 0.0550. The van der Waals surface area contributed by atoms with Crippen molar-refractivity contribution in [2.45, 2.75) is 25.8 Å². The molecule has 1 amide bonds. The van der Waals surface area contributed by atoms with Crippen molar-refractivity contribution in [3.8, 4) is 0 Å². The molecule has 1 aromatic carbocycles. The summed E-state index contributed by atoms with van der Waals surface area (Å²) in [6.07, 6.45) is 6.49. The first-order chi connectivity index (χ1) is 9.66. The highest BCUT2D eigenvalue weighted by atomic mass is 16.4. The van der Waals surface area contributed by atoms with E-state index in [1.54, 1.807) is 0 Å². The van der Waals surface area contributed by atoms with Crippen LogP contribution in [0.2, 0.25) is 0 Å². The molecular formula is C16H19NO3. The Bertz CT molecular complexity index is 496. The van der Waals surface area contributed by atoms with Crippen LogP contribution in [0.25, 0.3) is 0 Å².